The van der Waals surface area contributed by atoms with Crippen LogP contribution in [-0.2, 0) is 0 Å². The number of carbonyl (C=O) groups is 1. The van der Waals surface area contributed by atoms with Gasteiger partial charge >= 0.3 is 0 Å². The summed E-state index contributed by atoms with van der Waals surface area (Å²) in [7, 11) is 3.52. The molecule has 1 atom stereocenters. The highest BCUT2D eigenvalue weighted by Gasteiger charge is 2.14. The largest absolute Gasteiger partial charge is 0.378 e. The fourth-order valence-corrected chi connectivity index (χ4v) is 2.55. The molecule has 1 amide bonds. The lowest BCUT2D eigenvalue weighted by Gasteiger charge is -2.20. The molecule has 2 aromatic carbocycles. The zero-order valence-electron chi connectivity index (χ0n) is 12.4. The van der Waals surface area contributed by atoms with Crippen LogP contribution in [0.15, 0.2) is 53.0 Å². The highest BCUT2D eigenvalue weighted by atomic mass is 79.9. The van der Waals surface area contributed by atoms with Gasteiger partial charge in [-0.15, -0.1) is 0 Å². The molecule has 0 aromatic heterocycles. The van der Waals surface area contributed by atoms with Crippen molar-refractivity contribution in [2.24, 2.45) is 0 Å². The fourth-order valence-electron chi connectivity index (χ4n) is 2.13. The van der Waals surface area contributed by atoms with Crippen molar-refractivity contribution in [3.05, 3.63) is 64.1 Å². The summed E-state index contributed by atoms with van der Waals surface area (Å²) >= 11 is 3.48. The molecule has 0 aliphatic carbocycles. The standard InChI is InChI=1S/C17H19BrN2O/c1-12(13-7-6-8-14(18)11-13)19-16-10-5-4-9-15(16)17(21)20(2)3/h4-12,19H,1-3H3. The Morgan fingerprint density at radius 1 is 1.14 bits per heavy atom. The first-order valence-corrected chi connectivity index (χ1v) is 7.61. The quantitative estimate of drug-likeness (QED) is 0.893. The molecule has 0 aliphatic rings. The number of para-hydroxylation sites is 1. The molecule has 2 rings (SSSR count). The number of halogens is 1. The van der Waals surface area contributed by atoms with Gasteiger partial charge in [0, 0.05) is 30.3 Å². The molecule has 0 spiro atoms. The van der Waals surface area contributed by atoms with E-state index >= 15 is 0 Å². The Kier molecular flexibility index (Phi) is 5.02. The lowest BCUT2D eigenvalue weighted by Crippen LogP contribution is -2.23. The summed E-state index contributed by atoms with van der Waals surface area (Å²) < 4.78 is 1.05. The summed E-state index contributed by atoms with van der Waals surface area (Å²) in [6.45, 7) is 2.08. The number of nitrogens with zero attached hydrogens (tertiary/aromatic N) is 1. The van der Waals surface area contributed by atoms with Crippen LogP contribution in [0, 0.1) is 0 Å². The van der Waals surface area contributed by atoms with Gasteiger partial charge in [-0.1, -0.05) is 40.2 Å². The van der Waals surface area contributed by atoms with E-state index in [0.717, 1.165) is 15.7 Å². The Morgan fingerprint density at radius 3 is 2.52 bits per heavy atom. The molecular weight excluding hydrogens is 328 g/mol. The van der Waals surface area contributed by atoms with Gasteiger partial charge in [0.05, 0.1) is 5.56 Å². The van der Waals surface area contributed by atoms with Gasteiger partial charge in [0.15, 0.2) is 0 Å². The van der Waals surface area contributed by atoms with E-state index in [-0.39, 0.29) is 11.9 Å². The van der Waals surface area contributed by atoms with Gasteiger partial charge in [0.1, 0.15) is 0 Å². The van der Waals surface area contributed by atoms with Gasteiger partial charge in [-0.2, -0.15) is 0 Å². The van der Waals surface area contributed by atoms with E-state index in [2.05, 4.69) is 40.3 Å². The van der Waals surface area contributed by atoms with Crippen molar-refractivity contribution in [1.82, 2.24) is 4.90 Å². The lowest BCUT2D eigenvalue weighted by molar-refractivity contribution is 0.0828. The zero-order chi connectivity index (χ0) is 15.4. The first kappa shape index (κ1) is 15.6. The summed E-state index contributed by atoms with van der Waals surface area (Å²) in [6, 6.07) is 15.9. The molecule has 0 fully saturated rings. The third kappa shape index (κ3) is 3.85. The molecule has 3 nitrogen and oxygen atoms in total. The molecule has 21 heavy (non-hydrogen) atoms. The number of carbonyl (C=O) groups excluding carboxylic acids is 1. The number of anilines is 1. The third-order valence-corrected chi connectivity index (χ3v) is 3.78. The van der Waals surface area contributed by atoms with Crippen LogP contribution in [0.4, 0.5) is 5.69 Å². The van der Waals surface area contributed by atoms with Gasteiger partial charge in [0.2, 0.25) is 0 Å². The molecule has 4 heteroatoms. The van der Waals surface area contributed by atoms with E-state index in [1.165, 1.54) is 0 Å². The normalized spacial score (nSPS) is 11.8. The van der Waals surface area contributed by atoms with E-state index < -0.39 is 0 Å². The number of rotatable bonds is 4. The summed E-state index contributed by atoms with van der Waals surface area (Å²) in [4.78, 5) is 13.8. The molecule has 2 aromatic rings. The SMILES string of the molecule is CC(Nc1ccccc1C(=O)N(C)C)c1cccc(Br)c1. The molecule has 110 valence electrons. The van der Waals surface area contributed by atoms with Crippen LogP contribution in [-0.4, -0.2) is 24.9 Å². The molecule has 1 unspecified atom stereocenters. The molecule has 0 aliphatic heterocycles. The molecule has 0 heterocycles. The Balaban J connectivity index is 2.25. The molecular formula is C17H19BrN2O. The fraction of sp³-hybridized carbons (Fsp3) is 0.235. The van der Waals surface area contributed by atoms with Crippen molar-refractivity contribution in [1.29, 1.82) is 0 Å². The zero-order valence-corrected chi connectivity index (χ0v) is 14.0. The van der Waals surface area contributed by atoms with Crippen molar-refractivity contribution in [2.45, 2.75) is 13.0 Å². The average molecular weight is 347 g/mol. The first-order chi connectivity index (χ1) is 9.99. The minimum atomic E-state index is -0.000424. The van der Waals surface area contributed by atoms with Crippen molar-refractivity contribution < 1.29 is 4.79 Å². The number of hydrogen-bond acceptors (Lipinski definition) is 2. The van der Waals surface area contributed by atoms with Crippen molar-refractivity contribution in [3.8, 4) is 0 Å². The van der Waals surface area contributed by atoms with Gasteiger partial charge in [-0.25, -0.2) is 0 Å². The minimum absolute atomic E-state index is 0.000424. The molecule has 0 radical (unpaired) electrons. The van der Waals surface area contributed by atoms with Crippen LogP contribution in [0.2, 0.25) is 0 Å². The number of amides is 1. The van der Waals surface area contributed by atoms with E-state index in [4.69, 9.17) is 0 Å². The predicted octanol–water partition coefficient (Wildman–Crippen LogP) is 4.32. The maximum Gasteiger partial charge on any atom is 0.255 e. The molecule has 1 N–H and O–H groups in total. The van der Waals surface area contributed by atoms with Gasteiger partial charge < -0.3 is 10.2 Å². The Morgan fingerprint density at radius 2 is 1.86 bits per heavy atom. The van der Waals surface area contributed by atoms with Gasteiger partial charge in [0.25, 0.3) is 5.91 Å². The minimum Gasteiger partial charge on any atom is -0.378 e. The Hall–Kier alpha value is -1.81. The van der Waals surface area contributed by atoms with Crippen LogP contribution in [0.1, 0.15) is 28.9 Å². The van der Waals surface area contributed by atoms with E-state index in [0.29, 0.717) is 5.56 Å². The number of nitrogens with one attached hydrogen (secondary N) is 1. The van der Waals surface area contributed by atoms with Crippen LogP contribution < -0.4 is 5.32 Å². The van der Waals surface area contributed by atoms with E-state index in [1.807, 2.05) is 36.4 Å². The predicted molar refractivity (Wildman–Crippen MR) is 90.6 cm³/mol. The van der Waals surface area contributed by atoms with Crippen molar-refractivity contribution in [2.75, 3.05) is 19.4 Å². The molecule has 0 bridgehead atoms. The molecule has 0 saturated heterocycles. The average Bonchev–Trinajstić information content (AvgIpc) is 2.47. The maximum absolute atomic E-state index is 12.2. The lowest BCUT2D eigenvalue weighted by atomic mass is 10.1. The highest BCUT2D eigenvalue weighted by molar-refractivity contribution is 9.10. The summed E-state index contributed by atoms with van der Waals surface area (Å²) in [5.41, 5.74) is 2.70. The molecule has 0 saturated carbocycles. The van der Waals surface area contributed by atoms with Crippen LogP contribution in [0.25, 0.3) is 0 Å². The van der Waals surface area contributed by atoms with Gasteiger partial charge in [-0.05, 0) is 36.8 Å². The number of benzene rings is 2. The smallest absolute Gasteiger partial charge is 0.255 e. The third-order valence-electron chi connectivity index (χ3n) is 3.28. The van der Waals surface area contributed by atoms with E-state index in [1.54, 1.807) is 19.0 Å². The topological polar surface area (TPSA) is 32.3 Å². The Labute approximate surface area is 134 Å². The summed E-state index contributed by atoms with van der Waals surface area (Å²) in [5.74, 6) is -0.000424. The van der Waals surface area contributed by atoms with Crippen LogP contribution in [0.3, 0.4) is 0 Å². The van der Waals surface area contributed by atoms with Crippen molar-refractivity contribution >= 4 is 27.5 Å². The van der Waals surface area contributed by atoms with Crippen LogP contribution >= 0.6 is 15.9 Å². The Bertz CT molecular complexity index is 640. The second kappa shape index (κ2) is 6.76. The monoisotopic (exact) mass is 346 g/mol. The van der Waals surface area contributed by atoms with Crippen molar-refractivity contribution in [3.63, 3.8) is 0 Å². The summed E-state index contributed by atoms with van der Waals surface area (Å²) in [6.07, 6.45) is 0. The second-order valence-electron chi connectivity index (χ2n) is 5.17. The maximum atomic E-state index is 12.2. The first-order valence-electron chi connectivity index (χ1n) is 6.81. The van der Waals surface area contributed by atoms with Crippen LogP contribution in [0.5, 0.6) is 0 Å². The highest BCUT2D eigenvalue weighted by Crippen LogP contribution is 2.24. The summed E-state index contributed by atoms with van der Waals surface area (Å²) in [5, 5.41) is 3.42. The van der Waals surface area contributed by atoms with Gasteiger partial charge in [-0.3, -0.25) is 4.79 Å². The second-order valence-corrected chi connectivity index (χ2v) is 6.08. The number of hydrogen-bond donors (Lipinski definition) is 1. The van der Waals surface area contributed by atoms with E-state index in [9.17, 15) is 4.79 Å².